The summed E-state index contributed by atoms with van der Waals surface area (Å²) in [5, 5.41) is 5.91. The fraction of sp³-hybridized carbons (Fsp3) is 0.450. The number of aryl methyl sites for hydroxylation is 3. The summed E-state index contributed by atoms with van der Waals surface area (Å²) in [6, 6.07) is 5.89. The van der Waals surface area contributed by atoms with Crippen molar-refractivity contribution in [2.45, 2.75) is 48.1 Å². The lowest BCUT2D eigenvalue weighted by Gasteiger charge is -2.27. The third-order valence-electron chi connectivity index (χ3n) is 4.49. The molecule has 0 aliphatic heterocycles. The van der Waals surface area contributed by atoms with Crippen LogP contribution in [-0.2, 0) is 11.3 Å². The first-order valence-electron chi connectivity index (χ1n) is 8.96. The van der Waals surface area contributed by atoms with E-state index in [-0.39, 0.29) is 5.91 Å². The Kier molecular flexibility index (Phi) is 5.32. The summed E-state index contributed by atoms with van der Waals surface area (Å²) in [7, 11) is 0. The number of carbonyl (C=O) groups excluding carboxylic acids is 1. The fourth-order valence-electron chi connectivity index (χ4n) is 2.99. The molecule has 0 radical (unpaired) electrons. The van der Waals surface area contributed by atoms with E-state index in [2.05, 4.69) is 5.10 Å². The molecular formula is C20H25ClN4OS. The van der Waals surface area contributed by atoms with Crippen molar-refractivity contribution in [3.05, 3.63) is 40.2 Å². The number of aromatic nitrogens is 3. The van der Waals surface area contributed by atoms with Gasteiger partial charge in [-0.3, -0.25) is 14.4 Å². The number of fused-ring (bicyclic) bond motifs is 1. The van der Waals surface area contributed by atoms with Crippen LogP contribution in [0.4, 0.5) is 5.13 Å². The quantitative estimate of drug-likeness (QED) is 0.604. The second-order valence-electron chi connectivity index (χ2n) is 7.87. The molecule has 2 aromatic heterocycles. The molecule has 0 aliphatic rings. The van der Waals surface area contributed by atoms with Crippen molar-refractivity contribution >= 4 is 44.2 Å². The van der Waals surface area contributed by atoms with Crippen LogP contribution in [0.5, 0.6) is 0 Å². The monoisotopic (exact) mass is 404 g/mol. The van der Waals surface area contributed by atoms with Crippen LogP contribution < -0.4 is 4.90 Å². The van der Waals surface area contributed by atoms with Crippen molar-refractivity contribution in [2.75, 3.05) is 11.4 Å². The number of rotatable bonds is 4. The van der Waals surface area contributed by atoms with E-state index in [4.69, 9.17) is 16.6 Å². The Morgan fingerprint density at radius 3 is 2.56 bits per heavy atom. The molecule has 0 saturated carbocycles. The number of hydrogen-bond donors (Lipinski definition) is 0. The third kappa shape index (κ3) is 4.01. The van der Waals surface area contributed by atoms with Gasteiger partial charge in [0.25, 0.3) is 0 Å². The molecule has 0 aliphatic carbocycles. The first kappa shape index (κ1) is 19.8. The van der Waals surface area contributed by atoms with Crippen LogP contribution in [0.15, 0.2) is 18.2 Å². The highest BCUT2D eigenvalue weighted by Crippen LogP contribution is 2.35. The van der Waals surface area contributed by atoms with E-state index in [1.165, 1.54) is 11.3 Å². The second-order valence-corrected chi connectivity index (χ2v) is 9.29. The van der Waals surface area contributed by atoms with Crippen LogP contribution in [-0.4, -0.2) is 27.2 Å². The largest absolute Gasteiger partial charge is 0.286 e. The molecule has 0 fully saturated rings. The van der Waals surface area contributed by atoms with E-state index in [0.717, 1.165) is 27.2 Å². The molecule has 0 bridgehead atoms. The van der Waals surface area contributed by atoms with Gasteiger partial charge in [0.1, 0.15) is 0 Å². The first-order valence-corrected chi connectivity index (χ1v) is 10.2. The Bertz CT molecular complexity index is 999. The lowest BCUT2D eigenvalue weighted by atomic mass is 9.95. The summed E-state index contributed by atoms with van der Waals surface area (Å²) >= 11 is 7.77. The topological polar surface area (TPSA) is 51.0 Å². The maximum absolute atomic E-state index is 13.1. The number of anilines is 1. The molecule has 27 heavy (non-hydrogen) atoms. The molecule has 0 unspecified atom stereocenters. The maximum Gasteiger partial charge on any atom is 0.234 e. The van der Waals surface area contributed by atoms with Crippen LogP contribution in [0.3, 0.4) is 0 Å². The minimum atomic E-state index is -0.500. The van der Waals surface area contributed by atoms with E-state index in [9.17, 15) is 4.79 Å². The lowest BCUT2D eigenvalue weighted by Crippen LogP contribution is -2.41. The fourth-order valence-corrected chi connectivity index (χ4v) is 4.19. The molecule has 0 atom stereocenters. The Morgan fingerprint density at radius 1 is 1.26 bits per heavy atom. The highest BCUT2D eigenvalue weighted by molar-refractivity contribution is 7.22. The molecule has 1 amide bonds. The van der Waals surface area contributed by atoms with Gasteiger partial charge in [-0.15, -0.1) is 0 Å². The van der Waals surface area contributed by atoms with E-state index >= 15 is 0 Å². The number of halogens is 1. The molecular weight excluding hydrogens is 380 g/mol. The maximum atomic E-state index is 13.1. The average molecular weight is 405 g/mol. The Morgan fingerprint density at radius 2 is 1.96 bits per heavy atom. The molecule has 2 heterocycles. The molecule has 0 spiro atoms. The summed E-state index contributed by atoms with van der Waals surface area (Å²) in [5.74, 6) is 0.0480. The second kappa shape index (κ2) is 7.24. The number of amides is 1. The van der Waals surface area contributed by atoms with Gasteiger partial charge in [-0.2, -0.15) is 5.10 Å². The summed E-state index contributed by atoms with van der Waals surface area (Å²) in [5.41, 5.74) is 3.37. The molecule has 0 N–H and O–H groups in total. The molecule has 7 heteroatoms. The van der Waals surface area contributed by atoms with Crippen molar-refractivity contribution in [2.24, 2.45) is 5.41 Å². The molecule has 0 saturated heterocycles. The van der Waals surface area contributed by atoms with Gasteiger partial charge in [0.05, 0.1) is 22.5 Å². The van der Waals surface area contributed by atoms with E-state index in [1.807, 2.05) is 64.4 Å². The van der Waals surface area contributed by atoms with Crippen molar-refractivity contribution < 1.29 is 4.79 Å². The average Bonchev–Trinajstić information content (AvgIpc) is 3.14. The summed E-state index contributed by atoms with van der Waals surface area (Å²) in [6.07, 6.45) is 0. The lowest BCUT2D eigenvalue weighted by molar-refractivity contribution is -0.125. The van der Waals surface area contributed by atoms with Gasteiger partial charge in [-0.1, -0.05) is 43.7 Å². The normalized spacial score (nSPS) is 12.0. The zero-order valence-corrected chi connectivity index (χ0v) is 18.2. The molecule has 144 valence electrons. The Balaban J connectivity index is 1.98. The van der Waals surface area contributed by atoms with Crippen LogP contribution in [0.2, 0.25) is 5.02 Å². The van der Waals surface area contributed by atoms with Gasteiger partial charge in [0.15, 0.2) is 5.13 Å². The zero-order chi connectivity index (χ0) is 19.9. The van der Waals surface area contributed by atoms with E-state index < -0.39 is 5.41 Å². The van der Waals surface area contributed by atoms with Crippen LogP contribution >= 0.6 is 22.9 Å². The molecule has 3 rings (SSSR count). The standard InChI is InChI=1S/C20H25ClN4OS/c1-12-11-13(2)25(23-12)10-9-24(18(26)20(4,5)6)19-22-17-14(3)15(21)7-8-16(17)27-19/h7-8,11H,9-10H2,1-6H3. The van der Waals surface area contributed by atoms with Gasteiger partial charge in [-0.25, -0.2) is 4.98 Å². The van der Waals surface area contributed by atoms with E-state index in [0.29, 0.717) is 23.2 Å². The molecule has 1 aromatic carbocycles. The number of thiazole rings is 1. The summed E-state index contributed by atoms with van der Waals surface area (Å²) in [6.45, 7) is 12.9. The smallest absolute Gasteiger partial charge is 0.234 e. The predicted octanol–water partition coefficient (Wildman–Crippen LogP) is 5.15. The summed E-state index contributed by atoms with van der Waals surface area (Å²) < 4.78 is 2.97. The van der Waals surface area contributed by atoms with Gasteiger partial charge in [0, 0.05) is 22.7 Å². The SMILES string of the molecule is Cc1cc(C)n(CCN(C(=O)C(C)(C)C)c2nc3c(C)c(Cl)ccc3s2)n1. The summed E-state index contributed by atoms with van der Waals surface area (Å²) in [4.78, 5) is 19.7. The van der Waals surface area contributed by atoms with Gasteiger partial charge < -0.3 is 0 Å². The number of carbonyl (C=O) groups is 1. The van der Waals surface area contributed by atoms with Gasteiger partial charge >= 0.3 is 0 Å². The van der Waals surface area contributed by atoms with Gasteiger partial charge in [-0.05, 0) is 44.5 Å². The van der Waals surface area contributed by atoms with Crippen molar-refractivity contribution in [1.29, 1.82) is 0 Å². The highest BCUT2D eigenvalue weighted by Gasteiger charge is 2.30. The van der Waals surface area contributed by atoms with Crippen molar-refractivity contribution in [3.8, 4) is 0 Å². The number of nitrogens with zero attached hydrogens (tertiary/aromatic N) is 4. The molecule has 3 aromatic rings. The van der Waals surface area contributed by atoms with Gasteiger partial charge in [0.2, 0.25) is 5.91 Å². The molecule has 5 nitrogen and oxygen atoms in total. The van der Waals surface area contributed by atoms with Crippen LogP contribution in [0, 0.1) is 26.2 Å². The Hall–Kier alpha value is -1.92. The highest BCUT2D eigenvalue weighted by atomic mass is 35.5. The van der Waals surface area contributed by atoms with E-state index in [1.54, 1.807) is 4.90 Å². The minimum absolute atomic E-state index is 0.0480. The predicted molar refractivity (Wildman–Crippen MR) is 113 cm³/mol. The minimum Gasteiger partial charge on any atom is -0.286 e. The zero-order valence-electron chi connectivity index (χ0n) is 16.6. The van der Waals surface area contributed by atoms with Crippen molar-refractivity contribution in [3.63, 3.8) is 0 Å². The third-order valence-corrected chi connectivity index (χ3v) is 5.95. The number of benzene rings is 1. The number of hydrogen-bond acceptors (Lipinski definition) is 4. The Labute approximate surface area is 169 Å². The van der Waals surface area contributed by atoms with Crippen LogP contribution in [0.1, 0.15) is 37.7 Å². The van der Waals surface area contributed by atoms with Crippen molar-refractivity contribution in [1.82, 2.24) is 14.8 Å². The van der Waals surface area contributed by atoms with Crippen LogP contribution in [0.25, 0.3) is 10.2 Å². The first-order chi connectivity index (χ1) is 12.6.